The Balaban J connectivity index is 1.96. The van der Waals surface area contributed by atoms with E-state index >= 15 is 0 Å². The zero-order valence-corrected chi connectivity index (χ0v) is 9.83. The molecule has 1 saturated heterocycles. The molecule has 1 unspecified atom stereocenters. The fourth-order valence-electron chi connectivity index (χ4n) is 1.98. The van der Waals surface area contributed by atoms with E-state index in [1.54, 1.807) is 12.1 Å². The minimum absolute atomic E-state index is 0.0779. The molecule has 0 aromatic heterocycles. The molecule has 1 aliphatic heterocycles. The van der Waals surface area contributed by atoms with Crippen molar-refractivity contribution in [2.24, 2.45) is 0 Å². The van der Waals surface area contributed by atoms with Gasteiger partial charge in [0.05, 0.1) is 11.2 Å². The van der Waals surface area contributed by atoms with Gasteiger partial charge < -0.3 is 10.1 Å². The Morgan fingerprint density at radius 2 is 2.29 bits per heavy atom. The average Bonchev–Trinajstić information content (AvgIpc) is 2.74. The van der Waals surface area contributed by atoms with Crippen LogP contribution in [-0.2, 0) is 4.74 Å². The van der Waals surface area contributed by atoms with Crippen molar-refractivity contribution in [1.82, 2.24) is 5.32 Å². The molecule has 0 radical (unpaired) electrons. The number of amides is 1. The molecule has 0 bridgehead atoms. The first-order valence-electron chi connectivity index (χ1n) is 5.77. The number of carbonyl (C=O) groups excluding carboxylic acids is 1. The predicted molar refractivity (Wildman–Crippen MR) is 62.3 cm³/mol. The lowest BCUT2D eigenvalue weighted by Crippen LogP contribution is -2.40. The van der Waals surface area contributed by atoms with E-state index in [4.69, 9.17) is 4.74 Å². The number of nitrogens with one attached hydrogen (secondary N) is 1. The van der Waals surface area contributed by atoms with Gasteiger partial charge in [-0.2, -0.15) is 0 Å². The van der Waals surface area contributed by atoms with Gasteiger partial charge in [0.15, 0.2) is 0 Å². The molecule has 4 heteroatoms. The molecule has 1 aromatic rings. The van der Waals surface area contributed by atoms with Gasteiger partial charge in [-0.15, -0.1) is 0 Å². The van der Waals surface area contributed by atoms with E-state index in [9.17, 15) is 9.18 Å². The summed E-state index contributed by atoms with van der Waals surface area (Å²) in [5, 5.41) is 2.72. The lowest BCUT2D eigenvalue weighted by molar-refractivity contribution is 0.0205. The van der Waals surface area contributed by atoms with E-state index in [0.717, 1.165) is 19.4 Å². The van der Waals surface area contributed by atoms with Crippen LogP contribution in [0, 0.1) is 5.82 Å². The van der Waals surface area contributed by atoms with Crippen molar-refractivity contribution in [2.45, 2.75) is 25.4 Å². The maximum Gasteiger partial charge on any atom is 0.254 e. The van der Waals surface area contributed by atoms with E-state index in [1.807, 2.05) is 6.92 Å². The second-order valence-corrected chi connectivity index (χ2v) is 4.56. The van der Waals surface area contributed by atoms with Crippen LogP contribution in [0.5, 0.6) is 0 Å². The predicted octanol–water partition coefficient (Wildman–Crippen LogP) is 2.12. The monoisotopic (exact) mass is 237 g/mol. The van der Waals surface area contributed by atoms with Gasteiger partial charge in [0.25, 0.3) is 5.91 Å². The van der Waals surface area contributed by atoms with Crippen molar-refractivity contribution in [2.75, 3.05) is 13.2 Å². The maximum absolute atomic E-state index is 13.3. The second kappa shape index (κ2) is 4.84. The van der Waals surface area contributed by atoms with Gasteiger partial charge in [0.2, 0.25) is 0 Å². The van der Waals surface area contributed by atoms with Crippen molar-refractivity contribution in [3.63, 3.8) is 0 Å². The van der Waals surface area contributed by atoms with Gasteiger partial charge >= 0.3 is 0 Å². The number of rotatable bonds is 3. The topological polar surface area (TPSA) is 38.3 Å². The zero-order valence-electron chi connectivity index (χ0n) is 9.83. The van der Waals surface area contributed by atoms with Crippen LogP contribution in [0.4, 0.5) is 4.39 Å². The Hall–Kier alpha value is -1.42. The third-order valence-electron chi connectivity index (χ3n) is 3.04. The molecule has 3 nitrogen and oxygen atoms in total. The number of ether oxygens (including phenoxy) is 1. The highest BCUT2D eigenvalue weighted by molar-refractivity contribution is 5.94. The summed E-state index contributed by atoms with van der Waals surface area (Å²) in [6.45, 7) is 3.11. The molecular weight excluding hydrogens is 221 g/mol. The summed E-state index contributed by atoms with van der Waals surface area (Å²) in [6.07, 6.45) is 1.93. The minimum atomic E-state index is -0.498. The van der Waals surface area contributed by atoms with Gasteiger partial charge in [0.1, 0.15) is 5.82 Å². The minimum Gasteiger partial charge on any atom is -0.373 e. The number of halogens is 1. The third-order valence-corrected chi connectivity index (χ3v) is 3.04. The fraction of sp³-hybridized carbons (Fsp3) is 0.462. The highest BCUT2D eigenvalue weighted by Crippen LogP contribution is 2.24. The van der Waals surface area contributed by atoms with Crippen molar-refractivity contribution < 1.29 is 13.9 Å². The highest BCUT2D eigenvalue weighted by Gasteiger charge is 2.30. The Morgan fingerprint density at radius 3 is 2.94 bits per heavy atom. The summed E-state index contributed by atoms with van der Waals surface area (Å²) in [5.74, 6) is -0.887. The molecular formula is C13H16FNO2. The summed E-state index contributed by atoms with van der Waals surface area (Å²) in [7, 11) is 0. The second-order valence-electron chi connectivity index (χ2n) is 4.56. The Morgan fingerprint density at radius 1 is 1.53 bits per heavy atom. The molecule has 1 fully saturated rings. The van der Waals surface area contributed by atoms with Crippen LogP contribution < -0.4 is 5.32 Å². The van der Waals surface area contributed by atoms with Crippen LogP contribution >= 0.6 is 0 Å². The molecule has 1 atom stereocenters. The number of carbonyl (C=O) groups is 1. The van der Waals surface area contributed by atoms with Gasteiger partial charge in [0, 0.05) is 13.2 Å². The van der Waals surface area contributed by atoms with E-state index < -0.39 is 5.82 Å². The summed E-state index contributed by atoms with van der Waals surface area (Å²) < 4.78 is 18.9. The first-order chi connectivity index (χ1) is 8.11. The number of hydrogen-bond acceptors (Lipinski definition) is 2. The molecule has 1 heterocycles. The number of benzene rings is 1. The van der Waals surface area contributed by atoms with Gasteiger partial charge in [-0.1, -0.05) is 12.1 Å². The quantitative estimate of drug-likeness (QED) is 0.874. The zero-order chi connectivity index (χ0) is 12.3. The first kappa shape index (κ1) is 12.0. The molecule has 2 rings (SSSR count). The summed E-state index contributed by atoms with van der Waals surface area (Å²) in [5.41, 5.74) is -0.227. The normalized spacial score (nSPS) is 23.6. The first-order valence-corrected chi connectivity index (χ1v) is 5.77. The van der Waals surface area contributed by atoms with Crippen LogP contribution in [0.15, 0.2) is 24.3 Å². The molecule has 17 heavy (non-hydrogen) atoms. The van der Waals surface area contributed by atoms with Crippen molar-refractivity contribution >= 4 is 5.91 Å². The Kier molecular flexibility index (Phi) is 3.43. The van der Waals surface area contributed by atoms with Gasteiger partial charge in [-0.05, 0) is 31.9 Å². The van der Waals surface area contributed by atoms with Crippen LogP contribution in [0.2, 0.25) is 0 Å². The lowest BCUT2D eigenvalue weighted by Gasteiger charge is -2.23. The summed E-state index contributed by atoms with van der Waals surface area (Å²) in [4.78, 5) is 11.8. The van der Waals surface area contributed by atoms with Crippen LogP contribution in [0.3, 0.4) is 0 Å². The highest BCUT2D eigenvalue weighted by atomic mass is 19.1. The molecule has 1 amide bonds. The lowest BCUT2D eigenvalue weighted by atomic mass is 10.0. The van der Waals surface area contributed by atoms with E-state index in [-0.39, 0.29) is 17.1 Å². The van der Waals surface area contributed by atoms with Crippen LogP contribution in [0.25, 0.3) is 0 Å². The van der Waals surface area contributed by atoms with Crippen LogP contribution in [-0.4, -0.2) is 24.7 Å². The molecule has 0 aliphatic carbocycles. The molecule has 1 N–H and O–H groups in total. The fourth-order valence-corrected chi connectivity index (χ4v) is 1.98. The Bertz CT molecular complexity index is 414. The molecule has 92 valence electrons. The summed E-state index contributed by atoms with van der Waals surface area (Å²) in [6, 6.07) is 5.96. The Labute approximate surface area is 100.0 Å². The van der Waals surface area contributed by atoms with Crippen molar-refractivity contribution in [3.05, 3.63) is 35.6 Å². The smallest absolute Gasteiger partial charge is 0.254 e. The van der Waals surface area contributed by atoms with Crippen molar-refractivity contribution in [3.8, 4) is 0 Å². The standard InChI is InChI=1S/C13H16FNO2/c1-13(7-4-8-17-13)9-15-12(16)10-5-2-3-6-11(10)14/h2-3,5-6H,4,7-9H2,1H3,(H,15,16). The average molecular weight is 237 g/mol. The molecule has 0 saturated carbocycles. The molecule has 0 spiro atoms. The SMILES string of the molecule is CC1(CNC(=O)c2ccccc2F)CCCO1. The number of hydrogen-bond donors (Lipinski definition) is 1. The van der Waals surface area contributed by atoms with Crippen LogP contribution in [0.1, 0.15) is 30.1 Å². The largest absolute Gasteiger partial charge is 0.373 e. The maximum atomic E-state index is 13.3. The van der Waals surface area contributed by atoms with Crippen molar-refractivity contribution in [1.29, 1.82) is 0 Å². The molecule has 1 aromatic carbocycles. The third kappa shape index (κ3) is 2.82. The van der Waals surface area contributed by atoms with Gasteiger partial charge in [-0.25, -0.2) is 4.39 Å². The van der Waals surface area contributed by atoms with Gasteiger partial charge in [-0.3, -0.25) is 4.79 Å². The molecule has 1 aliphatic rings. The van der Waals surface area contributed by atoms with E-state index in [0.29, 0.717) is 6.54 Å². The summed E-state index contributed by atoms with van der Waals surface area (Å²) >= 11 is 0. The van der Waals surface area contributed by atoms with E-state index in [1.165, 1.54) is 12.1 Å². The van der Waals surface area contributed by atoms with E-state index in [2.05, 4.69) is 5.32 Å².